The SMILES string of the molecule is Cc1ccc(S(=O)(=O)N(CC(=O)N(Cc2ccccc2)[C@@H](C)C(=O)NC(C)C)c2cc(C)ccc2C)cc1. The molecule has 0 saturated heterocycles. The van der Waals surface area contributed by atoms with E-state index in [0.29, 0.717) is 5.69 Å². The quantitative estimate of drug-likeness (QED) is 0.406. The lowest BCUT2D eigenvalue weighted by Gasteiger charge is -2.33. The molecule has 202 valence electrons. The van der Waals surface area contributed by atoms with Crippen LogP contribution in [0.4, 0.5) is 5.69 Å². The van der Waals surface area contributed by atoms with Crippen LogP contribution in [0.15, 0.2) is 77.7 Å². The van der Waals surface area contributed by atoms with Crippen LogP contribution < -0.4 is 9.62 Å². The first-order valence-corrected chi connectivity index (χ1v) is 14.1. The minimum absolute atomic E-state index is 0.0945. The molecule has 0 unspecified atom stereocenters. The summed E-state index contributed by atoms with van der Waals surface area (Å²) in [6.45, 7) is 10.7. The van der Waals surface area contributed by atoms with E-state index in [4.69, 9.17) is 0 Å². The number of hydrogen-bond donors (Lipinski definition) is 1. The van der Waals surface area contributed by atoms with Gasteiger partial charge >= 0.3 is 0 Å². The zero-order valence-electron chi connectivity index (χ0n) is 22.9. The highest BCUT2D eigenvalue weighted by molar-refractivity contribution is 7.92. The Morgan fingerprint density at radius 2 is 1.45 bits per heavy atom. The molecular weight excluding hydrogens is 498 g/mol. The third-order valence-corrected chi connectivity index (χ3v) is 8.09. The van der Waals surface area contributed by atoms with Gasteiger partial charge in [0.2, 0.25) is 11.8 Å². The van der Waals surface area contributed by atoms with Gasteiger partial charge in [-0.2, -0.15) is 0 Å². The van der Waals surface area contributed by atoms with Crippen molar-refractivity contribution in [1.82, 2.24) is 10.2 Å². The number of sulfonamides is 1. The number of rotatable bonds is 10. The Labute approximate surface area is 226 Å². The molecule has 1 atom stereocenters. The number of amides is 2. The van der Waals surface area contributed by atoms with Crippen LogP contribution in [-0.4, -0.2) is 43.8 Å². The minimum atomic E-state index is -4.09. The Hall–Kier alpha value is -3.65. The maximum absolute atomic E-state index is 13.9. The number of nitrogens with zero attached hydrogens (tertiary/aromatic N) is 2. The number of aryl methyl sites for hydroxylation is 3. The summed E-state index contributed by atoms with van der Waals surface area (Å²) < 4.78 is 29.1. The molecule has 0 bridgehead atoms. The van der Waals surface area contributed by atoms with Crippen LogP contribution in [0.1, 0.15) is 43.0 Å². The van der Waals surface area contributed by atoms with E-state index in [9.17, 15) is 18.0 Å². The van der Waals surface area contributed by atoms with Crippen molar-refractivity contribution < 1.29 is 18.0 Å². The first-order chi connectivity index (χ1) is 17.9. The maximum atomic E-state index is 13.9. The van der Waals surface area contributed by atoms with Crippen LogP contribution in [0.25, 0.3) is 0 Å². The molecule has 0 aromatic heterocycles. The number of carbonyl (C=O) groups excluding carboxylic acids is 2. The summed E-state index contributed by atoms with van der Waals surface area (Å²) in [6.07, 6.45) is 0. The van der Waals surface area contributed by atoms with Crippen molar-refractivity contribution in [3.8, 4) is 0 Å². The molecule has 8 heteroatoms. The van der Waals surface area contributed by atoms with Gasteiger partial charge < -0.3 is 10.2 Å². The lowest BCUT2D eigenvalue weighted by Crippen LogP contribution is -2.52. The minimum Gasteiger partial charge on any atom is -0.352 e. The van der Waals surface area contributed by atoms with Gasteiger partial charge in [0.15, 0.2) is 0 Å². The third-order valence-electron chi connectivity index (χ3n) is 6.32. The van der Waals surface area contributed by atoms with E-state index >= 15 is 0 Å². The predicted molar refractivity (Wildman–Crippen MR) is 151 cm³/mol. The monoisotopic (exact) mass is 535 g/mol. The van der Waals surface area contributed by atoms with Gasteiger partial charge in [0.1, 0.15) is 12.6 Å². The molecule has 0 fully saturated rings. The summed E-state index contributed by atoms with van der Waals surface area (Å²) >= 11 is 0. The molecule has 1 N–H and O–H groups in total. The number of anilines is 1. The summed E-state index contributed by atoms with van der Waals surface area (Å²) in [6, 6.07) is 20.5. The van der Waals surface area contributed by atoms with E-state index in [0.717, 1.165) is 26.6 Å². The highest BCUT2D eigenvalue weighted by Gasteiger charge is 2.33. The first-order valence-electron chi connectivity index (χ1n) is 12.7. The van der Waals surface area contributed by atoms with E-state index in [1.54, 1.807) is 37.3 Å². The first kappa shape index (κ1) is 28.9. The van der Waals surface area contributed by atoms with Crippen LogP contribution in [0.2, 0.25) is 0 Å². The largest absolute Gasteiger partial charge is 0.352 e. The maximum Gasteiger partial charge on any atom is 0.264 e. The molecule has 0 aliphatic rings. The number of hydrogen-bond acceptors (Lipinski definition) is 4. The van der Waals surface area contributed by atoms with Gasteiger partial charge in [0.05, 0.1) is 10.6 Å². The second-order valence-electron chi connectivity index (χ2n) is 9.96. The summed E-state index contributed by atoms with van der Waals surface area (Å²) in [5.74, 6) is -0.777. The van der Waals surface area contributed by atoms with Gasteiger partial charge in [-0.3, -0.25) is 13.9 Å². The average Bonchev–Trinajstić information content (AvgIpc) is 2.87. The van der Waals surface area contributed by atoms with Crippen LogP contribution in [0.5, 0.6) is 0 Å². The van der Waals surface area contributed by atoms with Crippen molar-refractivity contribution in [1.29, 1.82) is 0 Å². The lowest BCUT2D eigenvalue weighted by molar-refractivity contribution is -0.139. The number of nitrogens with one attached hydrogen (secondary N) is 1. The van der Waals surface area contributed by atoms with Gasteiger partial charge in [-0.25, -0.2) is 8.42 Å². The lowest BCUT2D eigenvalue weighted by atomic mass is 10.1. The second kappa shape index (κ2) is 12.3. The normalized spacial score (nSPS) is 12.2. The Bertz CT molecular complexity index is 1370. The fourth-order valence-electron chi connectivity index (χ4n) is 4.11. The Morgan fingerprint density at radius 3 is 2.05 bits per heavy atom. The standard InChI is InChI=1S/C30H37N3O4S/c1-21(2)31-30(35)25(6)32(19-26-10-8-7-9-11-26)29(34)20-33(28-18-23(4)12-15-24(28)5)38(36,37)27-16-13-22(3)14-17-27/h7-18,21,25H,19-20H2,1-6H3,(H,31,35)/t25-/m0/s1. The summed E-state index contributed by atoms with van der Waals surface area (Å²) in [5.41, 5.74) is 3.78. The van der Waals surface area contributed by atoms with Crippen molar-refractivity contribution in [2.45, 2.75) is 65.1 Å². The molecule has 2 amide bonds. The fourth-order valence-corrected chi connectivity index (χ4v) is 5.58. The number of benzene rings is 3. The van der Waals surface area contributed by atoms with E-state index in [1.165, 1.54) is 4.90 Å². The van der Waals surface area contributed by atoms with E-state index in [2.05, 4.69) is 5.32 Å². The molecule has 3 aromatic rings. The number of carbonyl (C=O) groups is 2. The highest BCUT2D eigenvalue weighted by atomic mass is 32.2. The zero-order chi connectivity index (χ0) is 28.0. The van der Waals surface area contributed by atoms with E-state index < -0.39 is 28.5 Å². The van der Waals surface area contributed by atoms with Crippen LogP contribution in [0, 0.1) is 20.8 Å². The van der Waals surface area contributed by atoms with Crippen LogP contribution >= 0.6 is 0 Å². The molecule has 0 radical (unpaired) electrons. The van der Waals surface area contributed by atoms with Crippen molar-refractivity contribution in [2.24, 2.45) is 0 Å². The Balaban J connectivity index is 2.06. The van der Waals surface area contributed by atoms with Crippen molar-refractivity contribution in [3.05, 3.63) is 95.1 Å². The molecule has 3 rings (SSSR count). The smallest absolute Gasteiger partial charge is 0.264 e. The molecule has 0 saturated carbocycles. The summed E-state index contributed by atoms with van der Waals surface area (Å²) in [4.78, 5) is 28.4. The van der Waals surface area contributed by atoms with Crippen LogP contribution in [-0.2, 0) is 26.2 Å². The Kier molecular flexibility index (Phi) is 9.33. The average molecular weight is 536 g/mol. The van der Waals surface area contributed by atoms with Gasteiger partial charge in [0, 0.05) is 12.6 Å². The van der Waals surface area contributed by atoms with Gasteiger partial charge in [0.25, 0.3) is 10.0 Å². The third kappa shape index (κ3) is 7.01. The molecular formula is C30H37N3O4S. The molecule has 0 aliphatic carbocycles. The molecule has 0 aliphatic heterocycles. The molecule has 0 heterocycles. The fraction of sp³-hybridized carbons (Fsp3) is 0.333. The van der Waals surface area contributed by atoms with Crippen molar-refractivity contribution in [3.63, 3.8) is 0 Å². The molecule has 7 nitrogen and oxygen atoms in total. The van der Waals surface area contributed by atoms with E-state index in [-0.39, 0.29) is 23.4 Å². The van der Waals surface area contributed by atoms with E-state index in [1.807, 2.05) is 77.1 Å². The predicted octanol–water partition coefficient (Wildman–Crippen LogP) is 4.75. The van der Waals surface area contributed by atoms with Gasteiger partial charge in [-0.05, 0) is 76.4 Å². The van der Waals surface area contributed by atoms with Gasteiger partial charge in [-0.15, -0.1) is 0 Å². The molecule has 3 aromatic carbocycles. The summed E-state index contributed by atoms with van der Waals surface area (Å²) in [5, 5.41) is 2.86. The topological polar surface area (TPSA) is 86.8 Å². The van der Waals surface area contributed by atoms with Gasteiger partial charge in [-0.1, -0.05) is 60.2 Å². The van der Waals surface area contributed by atoms with Crippen molar-refractivity contribution in [2.75, 3.05) is 10.8 Å². The van der Waals surface area contributed by atoms with Crippen LogP contribution in [0.3, 0.4) is 0 Å². The molecule has 38 heavy (non-hydrogen) atoms. The Morgan fingerprint density at radius 1 is 0.842 bits per heavy atom. The van der Waals surface area contributed by atoms with Crippen molar-refractivity contribution >= 4 is 27.5 Å². The second-order valence-corrected chi connectivity index (χ2v) is 11.8. The highest BCUT2D eigenvalue weighted by Crippen LogP contribution is 2.28. The zero-order valence-corrected chi connectivity index (χ0v) is 23.7. The summed E-state index contributed by atoms with van der Waals surface area (Å²) in [7, 11) is -4.09. The molecule has 0 spiro atoms.